The maximum atomic E-state index is 14.0. The number of rotatable bonds is 5. The van der Waals surface area contributed by atoms with E-state index < -0.39 is 33.4 Å². The molecule has 0 radical (unpaired) electrons. The number of aromatic nitrogens is 3. The van der Waals surface area contributed by atoms with E-state index in [0.29, 0.717) is 34.6 Å². The number of amides is 1. The average Bonchev–Trinajstić information content (AvgIpc) is 3.52. The van der Waals surface area contributed by atoms with E-state index in [9.17, 15) is 22.0 Å². The molecular formula is C23H20F2N4O4S. The highest BCUT2D eigenvalue weighted by molar-refractivity contribution is 7.91. The highest BCUT2D eigenvalue weighted by Crippen LogP contribution is 2.32. The number of nitrogens with zero attached hydrogens (tertiary/aromatic N) is 3. The summed E-state index contributed by atoms with van der Waals surface area (Å²) in [6, 6.07) is 7.95. The third-order valence-corrected chi connectivity index (χ3v) is 7.65. The van der Waals surface area contributed by atoms with Gasteiger partial charge < -0.3 is 9.73 Å². The number of carbonyl (C=O) groups excluding carboxylic acids is 1. The maximum absolute atomic E-state index is 14.0. The fourth-order valence-electron chi connectivity index (χ4n) is 4.23. The number of carbonyl (C=O) groups is 1. The molecule has 0 saturated carbocycles. The van der Waals surface area contributed by atoms with Crippen molar-refractivity contribution < 1.29 is 26.4 Å². The molecule has 1 aliphatic rings. The van der Waals surface area contributed by atoms with E-state index in [0.717, 1.165) is 12.1 Å². The Labute approximate surface area is 193 Å². The minimum Gasteiger partial charge on any atom is -0.463 e. The molecule has 0 aliphatic carbocycles. The van der Waals surface area contributed by atoms with E-state index in [4.69, 9.17) is 4.42 Å². The van der Waals surface area contributed by atoms with E-state index in [1.165, 1.54) is 18.4 Å². The zero-order valence-electron chi connectivity index (χ0n) is 18.1. The fraction of sp³-hybridized carbons (Fsp3) is 0.261. The number of aryl methyl sites for hydroxylation is 1. The summed E-state index contributed by atoms with van der Waals surface area (Å²) in [5.41, 5.74) is 1.12. The van der Waals surface area contributed by atoms with Crippen LogP contribution in [-0.4, -0.2) is 40.6 Å². The molecule has 34 heavy (non-hydrogen) atoms. The van der Waals surface area contributed by atoms with Crippen molar-refractivity contribution in [3.05, 3.63) is 71.1 Å². The summed E-state index contributed by atoms with van der Waals surface area (Å²) in [7, 11) is -3.19. The van der Waals surface area contributed by atoms with E-state index >= 15 is 0 Å². The van der Waals surface area contributed by atoms with Crippen molar-refractivity contribution in [1.29, 1.82) is 0 Å². The highest BCUT2D eigenvalue weighted by Gasteiger charge is 2.32. The second-order valence-corrected chi connectivity index (χ2v) is 10.4. The Morgan fingerprint density at radius 3 is 2.65 bits per heavy atom. The van der Waals surface area contributed by atoms with Gasteiger partial charge in [-0.2, -0.15) is 5.10 Å². The number of halogens is 2. The van der Waals surface area contributed by atoms with Crippen LogP contribution in [0.1, 0.15) is 34.1 Å². The van der Waals surface area contributed by atoms with Gasteiger partial charge >= 0.3 is 0 Å². The van der Waals surface area contributed by atoms with Gasteiger partial charge in [-0.3, -0.25) is 4.79 Å². The van der Waals surface area contributed by atoms with Crippen LogP contribution in [0.25, 0.3) is 22.5 Å². The molecule has 0 spiro atoms. The van der Waals surface area contributed by atoms with E-state index in [1.54, 1.807) is 23.7 Å². The largest absolute Gasteiger partial charge is 0.463 e. The number of fused-ring (bicyclic) bond motifs is 1. The summed E-state index contributed by atoms with van der Waals surface area (Å²) in [5.74, 6) is -1.71. The minimum absolute atomic E-state index is 0.0531. The number of sulfone groups is 1. The van der Waals surface area contributed by atoms with E-state index in [1.807, 2.05) is 0 Å². The summed E-state index contributed by atoms with van der Waals surface area (Å²) >= 11 is 0. The molecule has 4 aromatic rings. The Bertz CT molecular complexity index is 1490. The molecule has 0 bridgehead atoms. The van der Waals surface area contributed by atoms with Crippen molar-refractivity contribution >= 4 is 26.8 Å². The molecule has 1 amide bonds. The van der Waals surface area contributed by atoms with Gasteiger partial charge in [-0.15, -0.1) is 0 Å². The first-order valence-electron chi connectivity index (χ1n) is 10.6. The van der Waals surface area contributed by atoms with Crippen LogP contribution in [0.2, 0.25) is 0 Å². The lowest BCUT2D eigenvalue weighted by Crippen LogP contribution is -2.24. The smallest absolute Gasteiger partial charge is 0.252 e. The number of hydrogen-bond donors (Lipinski definition) is 1. The molecule has 1 saturated heterocycles. The molecule has 1 N–H and O–H groups in total. The molecule has 3 aromatic heterocycles. The summed E-state index contributed by atoms with van der Waals surface area (Å²) < 4.78 is 59.2. The van der Waals surface area contributed by atoms with Crippen LogP contribution in [0.15, 0.2) is 47.1 Å². The number of nitrogens with one attached hydrogen (secondary N) is 1. The van der Waals surface area contributed by atoms with Gasteiger partial charge in [-0.05, 0) is 43.7 Å². The Balaban J connectivity index is 1.59. The van der Waals surface area contributed by atoms with Gasteiger partial charge in [0.25, 0.3) is 5.91 Å². The third kappa shape index (κ3) is 3.96. The third-order valence-electron chi connectivity index (χ3n) is 5.90. The fourth-order valence-corrected chi connectivity index (χ4v) is 5.92. The van der Waals surface area contributed by atoms with Gasteiger partial charge in [0, 0.05) is 12.1 Å². The topological polar surface area (TPSA) is 107 Å². The van der Waals surface area contributed by atoms with Crippen LogP contribution in [0.3, 0.4) is 0 Å². The average molecular weight is 487 g/mol. The molecule has 5 rings (SSSR count). The molecule has 1 fully saturated rings. The molecule has 1 aliphatic heterocycles. The van der Waals surface area contributed by atoms with Crippen molar-refractivity contribution in [3.63, 3.8) is 0 Å². The van der Waals surface area contributed by atoms with Crippen LogP contribution < -0.4 is 5.32 Å². The van der Waals surface area contributed by atoms with Crippen molar-refractivity contribution in [2.75, 3.05) is 11.5 Å². The van der Waals surface area contributed by atoms with Gasteiger partial charge in [0.1, 0.15) is 17.3 Å². The highest BCUT2D eigenvalue weighted by atomic mass is 32.2. The van der Waals surface area contributed by atoms with Crippen molar-refractivity contribution in [3.8, 4) is 11.5 Å². The first kappa shape index (κ1) is 22.2. The second-order valence-electron chi connectivity index (χ2n) is 8.20. The number of pyridine rings is 1. The lowest BCUT2D eigenvalue weighted by molar-refractivity contribution is 0.0952. The first-order chi connectivity index (χ1) is 16.2. The Morgan fingerprint density at radius 1 is 1.24 bits per heavy atom. The van der Waals surface area contributed by atoms with Crippen LogP contribution in [0.4, 0.5) is 8.78 Å². The van der Waals surface area contributed by atoms with Crippen LogP contribution in [0.5, 0.6) is 0 Å². The van der Waals surface area contributed by atoms with E-state index in [-0.39, 0.29) is 29.2 Å². The zero-order chi connectivity index (χ0) is 24.0. The first-order valence-corrected chi connectivity index (χ1v) is 12.4. The minimum atomic E-state index is -3.19. The molecule has 1 unspecified atom stereocenters. The van der Waals surface area contributed by atoms with Crippen LogP contribution in [0, 0.1) is 18.6 Å². The van der Waals surface area contributed by atoms with Crippen molar-refractivity contribution in [2.45, 2.75) is 25.9 Å². The summed E-state index contributed by atoms with van der Waals surface area (Å²) in [6.07, 6.45) is 1.85. The molecular weight excluding hydrogens is 466 g/mol. The Kier molecular flexibility index (Phi) is 5.43. The predicted molar refractivity (Wildman–Crippen MR) is 120 cm³/mol. The zero-order valence-corrected chi connectivity index (χ0v) is 18.9. The van der Waals surface area contributed by atoms with Gasteiger partial charge in [0.2, 0.25) is 0 Å². The number of hydrogen-bond acceptors (Lipinski definition) is 6. The molecule has 1 atom stereocenters. The normalized spacial score (nSPS) is 17.3. The summed E-state index contributed by atoms with van der Waals surface area (Å²) in [6.45, 7) is 1.34. The number of furan rings is 1. The number of benzene rings is 1. The van der Waals surface area contributed by atoms with Gasteiger partial charge in [-0.25, -0.2) is 26.9 Å². The standard InChI is InChI=1S/C23H20F2N4O4S/c1-13-21-15(23(30)26-11-16-17(24)4-2-5-18(16)25)10-19(20-6-3-8-33-20)27-22(21)29(28-13)14-7-9-34(31,32)12-14/h2-6,8,10,14H,7,9,11-12H2,1H3,(H,26,30). The molecule has 1 aromatic carbocycles. The quantitative estimate of drug-likeness (QED) is 0.462. The Morgan fingerprint density at radius 2 is 2.00 bits per heavy atom. The molecule has 4 heterocycles. The van der Waals surface area contributed by atoms with Crippen LogP contribution in [-0.2, 0) is 16.4 Å². The Hall–Kier alpha value is -3.60. The monoisotopic (exact) mass is 486 g/mol. The maximum Gasteiger partial charge on any atom is 0.252 e. The molecule has 8 nitrogen and oxygen atoms in total. The molecule has 11 heteroatoms. The van der Waals surface area contributed by atoms with Crippen LogP contribution >= 0.6 is 0 Å². The van der Waals surface area contributed by atoms with Gasteiger partial charge in [0.05, 0.1) is 40.5 Å². The van der Waals surface area contributed by atoms with Crippen molar-refractivity contribution in [1.82, 2.24) is 20.1 Å². The lowest BCUT2D eigenvalue weighted by atomic mass is 10.1. The van der Waals surface area contributed by atoms with Gasteiger partial charge in [-0.1, -0.05) is 6.07 Å². The van der Waals surface area contributed by atoms with Crippen molar-refractivity contribution in [2.24, 2.45) is 0 Å². The predicted octanol–water partition coefficient (Wildman–Crippen LogP) is 3.57. The SMILES string of the molecule is Cc1nn(C2CCS(=O)(=O)C2)c2nc(-c3ccco3)cc(C(=O)NCc3c(F)cccc3F)c12. The lowest BCUT2D eigenvalue weighted by Gasteiger charge is -2.12. The second kappa shape index (κ2) is 8.32. The summed E-state index contributed by atoms with van der Waals surface area (Å²) in [4.78, 5) is 17.8. The van der Waals surface area contributed by atoms with Gasteiger partial charge in [0.15, 0.2) is 21.2 Å². The molecule has 176 valence electrons. The van der Waals surface area contributed by atoms with E-state index in [2.05, 4.69) is 15.4 Å². The summed E-state index contributed by atoms with van der Waals surface area (Å²) in [5, 5.41) is 7.52.